The summed E-state index contributed by atoms with van der Waals surface area (Å²) < 4.78 is 4.85. The summed E-state index contributed by atoms with van der Waals surface area (Å²) in [4.78, 5) is 0.837. The van der Waals surface area contributed by atoms with Crippen molar-refractivity contribution in [1.29, 1.82) is 0 Å². The number of hydrogen-bond acceptors (Lipinski definition) is 4. The van der Waals surface area contributed by atoms with E-state index in [1.54, 1.807) is 11.3 Å². The summed E-state index contributed by atoms with van der Waals surface area (Å²) in [7, 11) is 1.99. The van der Waals surface area contributed by atoms with E-state index in [1.165, 1.54) is 0 Å². The van der Waals surface area contributed by atoms with Crippen molar-refractivity contribution in [1.82, 2.24) is 19.8 Å². The first-order valence-corrected chi connectivity index (χ1v) is 7.15. The Bertz CT molecular complexity index is 703. The van der Waals surface area contributed by atoms with Gasteiger partial charge < -0.3 is 24.0 Å². The molecule has 0 amide bonds. The van der Waals surface area contributed by atoms with Crippen LogP contribution < -0.4 is 28.5 Å². The average molecular weight is 452 g/mol. The Morgan fingerprint density at radius 1 is 1.37 bits per heavy atom. The second-order valence-corrected chi connectivity index (χ2v) is 5.85. The third-order valence-corrected chi connectivity index (χ3v) is 3.96. The molecule has 0 unspecified atom stereocenters. The van der Waals surface area contributed by atoms with Gasteiger partial charge in [-0.2, -0.15) is 9.61 Å². The van der Waals surface area contributed by atoms with Gasteiger partial charge >= 0.3 is 0 Å². The minimum Gasteiger partial charge on any atom is -1.00 e. The van der Waals surface area contributed by atoms with E-state index in [4.69, 9.17) is 0 Å². The molecule has 0 aliphatic carbocycles. The number of hydrogen-bond donors (Lipinski definition) is 0. The lowest BCUT2D eigenvalue weighted by Gasteiger charge is -1.95. The summed E-state index contributed by atoms with van der Waals surface area (Å²) in [6.45, 7) is 2.05. The quantitative estimate of drug-likeness (QED) is 0.371. The molecule has 8 heteroatoms. The molecule has 3 rings (SSSR count). The van der Waals surface area contributed by atoms with Crippen LogP contribution >= 0.6 is 27.3 Å². The molecule has 3 heterocycles. The van der Waals surface area contributed by atoms with Gasteiger partial charge in [0, 0.05) is 6.42 Å². The van der Waals surface area contributed by atoms with Gasteiger partial charge in [0.15, 0.2) is 23.2 Å². The molecule has 100 valence electrons. The van der Waals surface area contributed by atoms with E-state index in [0.717, 1.165) is 32.2 Å². The first kappa shape index (κ1) is 14.8. The second kappa shape index (κ2) is 5.80. The molecule has 0 radical (unpaired) electrons. The standard InChI is InChI=1S/C11H11BrN5S.HI/c1-3-9-13-14-11-17(9)15-10(18-11)7-4-8(12)6-16(2)5-7;/h4-6H,3H2,1-2H3;1H/q+1;/p-1. The molecule has 5 nitrogen and oxygen atoms in total. The Labute approximate surface area is 139 Å². The zero-order valence-electron chi connectivity index (χ0n) is 10.3. The van der Waals surface area contributed by atoms with Gasteiger partial charge in [0.05, 0.1) is 10.0 Å². The molecule has 0 spiro atoms. The van der Waals surface area contributed by atoms with Crippen molar-refractivity contribution in [2.45, 2.75) is 13.3 Å². The lowest BCUT2D eigenvalue weighted by atomic mass is 10.3. The summed E-state index contributed by atoms with van der Waals surface area (Å²) in [5.41, 5.74) is 1.07. The lowest BCUT2D eigenvalue weighted by molar-refractivity contribution is -0.671. The highest BCUT2D eigenvalue weighted by Crippen LogP contribution is 2.26. The molecule has 0 saturated heterocycles. The Morgan fingerprint density at radius 2 is 2.16 bits per heavy atom. The molecule has 0 aromatic carbocycles. The molecule has 3 aromatic heterocycles. The lowest BCUT2D eigenvalue weighted by Crippen LogP contribution is -3.00. The molecular formula is C11H11BrIN5S. The molecule has 0 N–H and O–H groups in total. The third kappa shape index (κ3) is 2.79. The van der Waals surface area contributed by atoms with E-state index in [0.29, 0.717) is 0 Å². The van der Waals surface area contributed by atoms with Crippen LogP contribution in [0.1, 0.15) is 12.7 Å². The average Bonchev–Trinajstić information content (AvgIpc) is 2.86. The van der Waals surface area contributed by atoms with Crippen LogP contribution in [0.15, 0.2) is 22.9 Å². The number of pyridine rings is 1. The number of aryl methyl sites for hydroxylation is 2. The normalized spacial score (nSPS) is 10.7. The van der Waals surface area contributed by atoms with E-state index >= 15 is 0 Å². The van der Waals surface area contributed by atoms with E-state index in [2.05, 4.69) is 44.2 Å². The smallest absolute Gasteiger partial charge is 0.234 e. The van der Waals surface area contributed by atoms with Crippen molar-refractivity contribution in [3.05, 3.63) is 28.8 Å². The molecule has 0 aliphatic rings. The van der Waals surface area contributed by atoms with E-state index in [-0.39, 0.29) is 24.0 Å². The first-order valence-electron chi connectivity index (χ1n) is 5.54. The van der Waals surface area contributed by atoms with Gasteiger partial charge in [-0.1, -0.05) is 18.3 Å². The van der Waals surface area contributed by atoms with Crippen molar-refractivity contribution >= 4 is 32.2 Å². The summed E-state index contributed by atoms with van der Waals surface area (Å²) in [6, 6.07) is 2.05. The number of aromatic nitrogens is 5. The summed E-state index contributed by atoms with van der Waals surface area (Å²) >= 11 is 5.04. The van der Waals surface area contributed by atoms with Crippen LogP contribution in [0.3, 0.4) is 0 Å². The maximum Gasteiger partial charge on any atom is 0.234 e. The van der Waals surface area contributed by atoms with Gasteiger partial charge in [0.2, 0.25) is 4.96 Å². The fourth-order valence-corrected chi connectivity index (χ4v) is 3.19. The van der Waals surface area contributed by atoms with Crippen molar-refractivity contribution in [3.8, 4) is 10.6 Å². The predicted octanol–water partition coefficient (Wildman–Crippen LogP) is -0.994. The van der Waals surface area contributed by atoms with Crippen LogP contribution in [0.25, 0.3) is 15.5 Å². The molecule has 0 saturated carbocycles. The van der Waals surface area contributed by atoms with Gasteiger partial charge in [0.1, 0.15) is 7.05 Å². The largest absolute Gasteiger partial charge is 1.00 e. The van der Waals surface area contributed by atoms with Crippen molar-refractivity contribution in [2.75, 3.05) is 0 Å². The summed E-state index contributed by atoms with van der Waals surface area (Å²) in [5, 5.41) is 13.7. The van der Waals surface area contributed by atoms with Crippen molar-refractivity contribution < 1.29 is 28.5 Å². The zero-order chi connectivity index (χ0) is 12.7. The Balaban J connectivity index is 0.00000133. The number of fused-ring (bicyclic) bond motifs is 1. The number of halogens is 2. The van der Waals surface area contributed by atoms with Crippen LogP contribution in [0.4, 0.5) is 0 Å². The highest BCUT2D eigenvalue weighted by Gasteiger charge is 2.14. The van der Waals surface area contributed by atoms with Gasteiger partial charge in [-0.15, -0.1) is 10.2 Å². The van der Waals surface area contributed by atoms with Crippen molar-refractivity contribution in [2.24, 2.45) is 7.05 Å². The summed E-state index contributed by atoms with van der Waals surface area (Å²) in [5.74, 6) is 0.895. The maximum atomic E-state index is 4.57. The van der Waals surface area contributed by atoms with Crippen LogP contribution in [-0.2, 0) is 13.5 Å². The SMILES string of the molecule is CCc1nnc2sc(-c3cc(Br)c[n+](C)c3)nn12.[I-]. The summed E-state index contributed by atoms with van der Waals surface area (Å²) in [6.07, 6.45) is 4.87. The zero-order valence-corrected chi connectivity index (χ0v) is 14.9. The molecule has 19 heavy (non-hydrogen) atoms. The highest BCUT2D eigenvalue weighted by molar-refractivity contribution is 9.10. The molecule has 3 aromatic rings. The minimum atomic E-state index is 0. The van der Waals surface area contributed by atoms with Crippen LogP contribution in [-0.4, -0.2) is 19.8 Å². The van der Waals surface area contributed by atoms with Gasteiger partial charge in [0.25, 0.3) is 0 Å². The van der Waals surface area contributed by atoms with Crippen LogP contribution in [0.5, 0.6) is 0 Å². The van der Waals surface area contributed by atoms with Gasteiger partial charge in [-0.3, -0.25) is 0 Å². The molecule has 0 aliphatic heterocycles. The predicted molar refractivity (Wildman–Crippen MR) is 72.3 cm³/mol. The van der Waals surface area contributed by atoms with Crippen LogP contribution in [0.2, 0.25) is 0 Å². The molecular weight excluding hydrogens is 441 g/mol. The highest BCUT2D eigenvalue weighted by atomic mass is 127. The Morgan fingerprint density at radius 3 is 2.84 bits per heavy atom. The fraction of sp³-hybridized carbons (Fsp3) is 0.273. The van der Waals surface area contributed by atoms with Crippen LogP contribution in [0, 0.1) is 0 Å². The Kier molecular flexibility index (Phi) is 4.51. The van der Waals surface area contributed by atoms with Gasteiger partial charge in [-0.05, 0) is 22.0 Å². The molecule has 0 fully saturated rings. The van der Waals surface area contributed by atoms with E-state index in [1.807, 2.05) is 28.5 Å². The maximum absolute atomic E-state index is 4.57. The molecule has 0 atom stereocenters. The molecule has 0 bridgehead atoms. The Hall–Kier alpha value is -0.610. The minimum absolute atomic E-state index is 0. The van der Waals surface area contributed by atoms with E-state index in [9.17, 15) is 0 Å². The van der Waals surface area contributed by atoms with Crippen molar-refractivity contribution in [3.63, 3.8) is 0 Å². The number of nitrogens with zero attached hydrogens (tertiary/aromatic N) is 5. The topological polar surface area (TPSA) is 47.0 Å². The fourth-order valence-electron chi connectivity index (χ4n) is 1.79. The number of rotatable bonds is 2. The second-order valence-electron chi connectivity index (χ2n) is 3.98. The monoisotopic (exact) mass is 451 g/mol. The third-order valence-electron chi connectivity index (χ3n) is 2.58. The van der Waals surface area contributed by atoms with Gasteiger partial charge in [-0.25, -0.2) is 4.57 Å². The van der Waals surface area contributed by atoms with E-state index < -0.39 is 0 Å². The first-order chi connectivity index (χ1) is 8.67.